The van der Waals surface area contributed by atoms with Gasteiger partial charge in [-0.2, -0.15) is 4.31 Å². The highest BCUT2D eigenvalue weighted by Gasteiger charge is 2.25. The van der Waals surface area contributed by atoms with Crippen LogP contribution < -0.4 is 0 Å². The summed E-state index contributed by atoms with van der Waals surface area (Å²) in [5, 5.41) is 0.979. The van der Waals surface area contributed by atoms with Crippen LogP contribution in [-0.2, 0) is 23.0 Å². The Bertz CT molecular complexity index is 525. The van der Waals surface area contributed by atoms with Crippen molar-refractivity contribution >= 4 is 10.0 Å². The van der Waals surface area contributed by atoms with Crippen molar-refractivity contribution < 1.29 is 8.42 Å². The third kappa shape index (κ3) is 1.98. The van der Waals surface area contributed by atoms with E-state index in [2.05, 4.69) is 16.5 Å². The monoisotopic (exact) mass is 239 g/mol. The molecule has 5 nitrogen and oxygen atoms in total. The smallest absolute Gasteiger partial charge is 0.235 e. The first-order valence-corrected chi connectivity index (χ1v) is 6.47. The van der Waals surface area contributed by atoms with Gasteiger partial charge in [-0.1, -0.05) is 6.58 Å². The lowest BCUT2D eigenvalue weighted by Gasteiger charge is -2.25. The third-order valence-corrected chi connectivity index (χ3v) is 4.04. The summed E-state index contributed by atoms with van der Waals surface area (Å²) in [6, 6.07) is 0. The molecule has 0 saturated carbocycles. The third-order valence-electron chi connectivity index (χ3n) is 2.59. The predicted octanol–water partition coefficient (Wildman–Crippen LogP) is 0.616. The van der Waals surface area contributed by atoms with E-state index in [-0.39, 0.29) is 0 Å². The van der Waals surface area contributed by atoms with Gasteiger partial charge in [0.15, 0.2) is 0 Å². The van der Waals surface area contributed by atoms with E-state index < -0.39 is 10.0 Å². The summed E-state index contributed by atoms with van der Waals surface area (Å²) >= 11 is 0. The molecule has 0 spiro atoms. The van der Waals surface area contributed by atoms with Gasteiger partial charge in [0.05, 0.1) is 0 Å². The Hall–Kier alpha value is -1.27. The second-order valence-electron chi connectivity index (χ2n) is 3.68. The van der Waals surface area contributed by atoms with Crippen molar-refractivity contribution in [1.29, 1.82) is 0 Å². The van der Waals surface area contributed by atoms with Crippen LogP contribution in [0.4, 0.5) is 0 Å². The van der Waals surface area contributed by atoms with Crippen molar-refractivity contribution in [3.8, 4) is 0 Å². The fourth-order valence-electron chi connectivity index (χ4n) is 1.71. The first kappa shape index (κ1) is 11.2. The molecule has 0 bridgehead atoms. The number of aromatic nitrogens is 2. The molecule has 1 aromatic heterocycles. The molecule has 6 heteroatoms. The SMILES string of the molecule is C=CS(=O)(=O)N1CCc2nc(C)ncc2C1. The molecule has 0 aromatic carbocycles. The minimum atomic E-state index is -3.33. The molecule has 1 aromatic rings. The van der Waals surface area contributed by atoms with Crippen LogP contribution in [0.15, 0.2) is 18.2 Å². The van der Waals surface area contributed by atoms with Crippen molar-refractivity contribution in [3.05, 3.63) is 35.3 Å². The average molecular weight is 239 g/mol. The van der Waals surface area contributed by atoms with Gasteiger partial charge in [0.2, 0.25) is 10.0 Å². The van der Waals surface area contributed by atoms with Crippen LogP contribution in [0.2, 0.25) is 0 Å². The minimum Gasteiger partial charge on any atom is -0.241 e. The number of nitrogens with zero attached hydrogens (tertiary/aromatic N) is 3. The van der Waals surface area contributed by atoms with Crippen molar-refractivity contribution in [2.24, 2.45) is 0 Å². The number of aryl methyl sites for hydroxylation is 1. The Morgan fingerprint density at radius 2 is 2.31 bits per heavy atom. The zero-order valence-corrected chi connectivity index (χ0v) is 9.87. The Kier molecular flexibility index (Phi) is 2.77. The normalized spacial score (nSPS) is 16.8. The van der Waals surface area contributed by atoms with E-state index in [0.717, 1.165) is 22.5 Å². The predicted molar refractivity (Wildman–Crippen MR) is 60.0 cm³/mol. The Morgan fingerprint density at radius 3 is 3.00 bits per heavy atom. The van der Waals surface area contributed by atoms with Crippen LogP contribution in [0.25, 0.3) is 0 Å². The first-order valence-electron chi connectivity index (χ1n) is 4.97. The fraction of sp³-hybridized carbons (Fsp3) is 0.400. The summed E-state index contributed by atoms with van der Waals surface area (Å²) in [6.45, 7) is 5.94. The van der Waals surface area contributed by atoms with E-state index in [9.17, 15) is 8.42 Å². The molecule has 2 rings (SSSR count). The average Bonchev–Trinajstić information content (AvgIpc) is 2.28. The summed E-state index contributed by atoms with van der Waals surface area (Å²) in [4.78, 5) is 8.37. The van der Waals surface area contributed by atoms with Crippen molar-refractivity contribution in [1.82, 2.24) is 14.3 Å². The highest BCUT2D eigenvalue weighted by Crippen LogP contribution is 2.19. The van der Waals surface area contributed by atoms with E-state index in [0.29, 0.717) is 19.5 Å². The van der Waals surface area contributed by atoms with Crippen LogP contribution >= 0.6 is 0 Å². The largest absolute Gasteiger partial charge is 0.241 e. The minimum absolute atomic E-state index is 0.337. The molecular weight excluding hydrogens is 226 g/mol. The van der Waals surface area contributed by atoms with Gasteiger partial charge in [0, 0.05) is 42.4 Å². The van der Waals surface area contributed by atoms with Crippen LogP contribution in [0.1, 0.15) is 17.1 Å². The first-order chi connectivity index (χ1) is 7.53. The lowest BCUT2D eigenvalue weighted by Crippen LogP contribution is -2.35. The van der Waals surface area contributed by atoms with Crippen molar-refractivity contribution in [3.63, 3.8) is 0 Å². The number of hydrogen-bond donors (Lipinski definition) is 0. The summed E-state index contributed by atoms with van der Waals surface area (Å²) in [6.07, 6.45) is 2.33. The van der Waals surface area contributed by atoms with E-state index in [4.69, 9.17) is 0 Å². The topological polar surface area (TPSA) is 63.2 Å². The molecule has 0 saturated heterocycles. The van der Waals surface area contributed by atoms with Gasteiger partial charge in [0.25, 0.3) is 0 Å². The van der Waals surface area contributed by atoms with Gasteiger partial charge in [0.1, 0.15) is 5.82 Å². The molecule has 0 aliphatic carbocycles. The molecule has 0 fully saturated rings. The maximum atomic E-state index is 11.6. The zero-order valence-electron chi connectivity index (χ0n) is 9.05. The lowest BCUT2D eigenvalue weighted by atomic mass is 10.1. The second kappa shape index (κ2) is 3.95. The number of sulfonamides is 1. The van der Waals surface area contributed by atoms with Gasteiger partial charge in [-0.05, 0) is 6.92 Å². The molecule has 2 heterocycles. The number of hydrogen-bond acceptors (Lipinski definition) is 4. The molecular formula is C10H13N3O2S. The molecule has 86 valence electrons. The Balaban J connectivity index is 2.31. The van der Waals surface area contributed by atoms with E-state index in [1.165, 1.54) is 4.31 Å². The van der Waals surface area contributed by atoms with E-state index in [1.54, 1.807) is 6.20 Å². The standard InChI is InChI=1S/C10H13N3O2S/c1-3-16(14,15)13-5-4-10-9(7-13)6-11-8(2)12-10/h3,6H,1,4-5,7H2,2H3. The van der Waals surface area contributed by atoms with E-state index >= 15 is 0 Å². The quantitative estimate of drug-likeness (QED) is 0.759. The number of fused-ring (bicyclic) bond motifs is 1. The highest BCUT2D eigenvalue weighted by atomic mass is 32.2. The fourth-order valence-corrected chi connectivity index (χ4v) is 2.59. The number of rotatable bonds is 2. The highest BCUT2D eigenvalue weighted by molar-refractivity contribution is 7.91. The van der Waals surface area contributed by atoms with E-state index in [1.807, 2.05) is 6.92 Å². The summed E-state index contributed by atoms with van der Waals surface area (Å²) < 4.78 is 24.6. The molecule has 0 amide bonds. The summed E-state index contributed by atoms with van der Waals surface area (Å²) in [5.74, 6) is 0.721. The molecule has 0 unspecified atom stereocenters. The maximum absolute atomic E-state index is 11.6. The zero-order chi connectivity index (χ0) is 11.8. The summed E-state index contributed by atoms with van der Waals surface area (Å²) in [5.41, 5.74) is 1.82. The van der Waals surface area contributed by atoms with Crippen LogP contribution in [0, 0.1) is 6.92 Å². The van der Waals surface area contributed by atoms with Gasteiger partial charge in [-0.15, -0.1) is 0 Å². The van der Waals surface area contributed by atoms with Crippen molar-refractivity contribution in [2.45, 2.75) is 19.9 Å². The molecule has 16 heavy (non-hydrogen) atoms. The van der Waals surface area contributed by atoms with Crippen LogP contribution in [0.3, 0.4) is 0 Å². The van der Waals surface area contributed by atoms with Gasteiger partial charge in [-0.3, -0.25) is 0 Å². The molecule has 0 N–H and O–H groups in total. The molecule has 0 atom stereocenters. The van der Waals surface area contributed by atoms with Crippen molar-refractivity contribution in [2.75, 3.05) is 6.54 Å². The molecule has 1 aliphatic heterocycles. The van der Waals surface area contributed by atoms with Gasteiger partial charge < -0.3 is 0 Å². The Labute approximate surface area is 94.9 Å². The van der Waals surface area contributed by atoms with Crippen LogP contribution in [-0.4, -0.2) is 29.2 Å². The Morgan fingerprint density at radius 1 is 1.56 bits per heavy atom. The van der Waals surface area contributed by atoms with Gasteiger partial charge >= 0.3 is 0 Å². The summed E-state index contributed by atoms with van der Waals surface area (Å²) in [7, 11) is -3.33. The molecule has 1 aliphatic rings. The second-order valence-corrected chi connectivity index (χ2v) is 5.56. The van der Waals surface area contributed by atoms with Gasteiger partial charge in [-0.25, -0.2) is 18.4 Å². The maximum Gasteiger partial charge on any atom is 0.235 e. The van der Waals surface area contributed by atoms with Crippen LogP contribution in [0.5, 0.6) is 0 Å². The lowest BCUT2D eigenvalue weighted by molar-refractivity contribution is 0.392. The molecule has 0 radical (unpaired) electrons.